The topological polar surface area (TPSA) is 75.7 Å². The number of anilines is 1. The van der Waals surface area contributed by atoms with Crippen LogP contribution >= 0.6 is 11.6 Å². The van der Waals surface area contributed by atoms with Crippen LogP contribution in [0.4, 0.5) is 5.69 Å². The van der Waals surface area contributed by atoms with E-state index < -0.39 is 10.0 Å². The summed E-state index contributed by atoms with van der Waals surface area (Å²) in [4.78, 5) is 12.4. The monoisotopic (exact) mass is 408 g/mol. The number of nitrogens with zero attached hydrogens (tertiary/aromatic N) is 1. The standard InChI is InChI=1S/C19H21ClN2O4S/c1-26-16-6-4-5-14(11-16)12-19(23)21-15-7-8-17(20)18(13-15)27(24,25)22-9-2-3-10-22/h4-8,11,13H,2-3,9-10,12H2,1H3,(H,21,23). The number of carbonyl (C=O) groups is 1. The van der Waals surface area contributed by atoms with Crippen molar-refractivity contribution in [2.45, 2.75) is 24.2 Å². The molecule has 3 rings (SSSR count). The molecule has 0 unspecified atom stereocenters. The van der Waals surface area contributed by atoms with Crippen LogP contribution in [0.5, 0.6) is 5.75 Å². The largest absolute Gasteiger partial charge is 0.497 e. The predicted octanol–water partition coefficient (Wildman–Crippen LogP) is 3.31. The molecule has 1 N–H and O–H groups in total. The van der Waals surface area contributed by atoms with E-state index in [9.17, 15) is 13.2 Å². The Morgan fingerprint density at radius 2 is 1.93 bits per heavy atom. The molecule has 0 radical (unpaired) electrons. The van der Waals surface area contributed by atoms with Crippen LogP contribution in [0, 0.1) is 0 Å². The highest BCUT2D eigenvalue weighted by molar-refractivity contribution is 7.89. The van der Waals surface area contributed by atoms with Crippen LogP contribution in [-0.4, -0.2) is 38.8 Å². The van der Waals surface area contributed by atoms with Crippen molar-refractivity contribution in [1.29, 1.82) is 0 Å². The Labute approximate surface area is 164 Å². The molecule has 1 saturated heterocycles. The second-order valence-corrected chi connectivity index (χ2v) is 8.65. The summed E-state index contributed by atoms with van der Waals surface area (Å²) in [5.41, 5.74) is 1.19. The van der Waals surface area contributed by atoms with Crippen molar-refractivity contribution in [3.05, 3.63) is 53.1 Å². The average Bonchev–Trinajstić information content (AvgIpc) is 3.19. The molecule has 1 aliphatic heterocycles. The van der Waals surface area contributed by atoms with Gasteiger partial charge in [-0.1, -0.05) is 23.7 Å². The molecule has 1 heterocycles. The van der Waals surface area contributed by atoms with Crippen molar-refractivity contribution in [2.75, 3.05) is 25.5 Å². The number of amides is 1. The molecule has 6 nitrogen and oxygen atoms in total. The number of halogens is 1. The number of nitrogens with one attached hydrogen (secondary N) is 1. The van der Waals surface area contributed by atoms with Crippen LogP contribution in [0.25, 0.3) is 0 Å². The molecule has 2 aromatic rings. The number of rotatable bonds is 6. The number of hydrogen-bond acceptors (Lipinski definition) is 4. The third kappa shape index (κ3) is 4.61. The maximum Gasteiger partial charge on any atom is 0.244 e. The molecule has 8 heteroatoms. The van der Waals surface area contributed by atoms with Crippen LogP contribution in [0.3, 0.4) is 0 Å². The maximum atomic E-state index is 12.8. The Hall–Kier alpha value is -2.09. The Morgan fingerprint density at radius 1 is 1.19 bits per heavy atom. The van der Waals surface area contributed by atoms with Gasteiger partial charge in [-0.05, 0) is 48.7 Å². The maximum absolute atomic E-state index is 12.8. The molecule has 0 saturated carbocycles. The third-order valence-electron chi connectivity index (χ3n) is 4.40. The van der Waals surface area contributed by atoms with Gasteiger partial charge in [0.05, 0.1) is 18.6 Å². The average molecular weight is 409 g/mol. The van der Waals surface area contributed by atoms with Gasteiger partial charge in [-0.15, -0.1) is 0 Å². The lowest BCUT2D eigenvalue weighted by Gasteiger charge is -2.17. The molecule has 0 aromatic heterocycles. The van der Waals surface area contributed by atoms with Crippen molar-refractivity contribution in [3.8, 4) is 5.75 Å². The first-order valence-electron chi connectivity index (χ1n) is 8.62. The summed E-state index contributed by atoms with van der Waals surface area (Å²) in [6.07, 6.45) is 1.83. The van der Waals surface area contributed by atoms with Gasteiger partial charge in [-0.25, -0.2) is 8.42 Å². The fourth-order valence-corrected chi connectivity index (χ4v) is 5.04. The fourth-order valence-electron chi connectivity index (χ4n) is 3.02. The van der Waals surface area contributed by atoms with Gasteiger partial charge in [-0.2, -0.15) is 4.31 Å². The van der Waals surface area contributed by atoms with Crippen molar-refractivity contribution in [2.24, 2.45) is 0 Å². The summed E-state index contributed by atoms with van der Waals surface area (Å²) in [7, 11) is -2.10. The lowest BCUT2D eigenvalue weighted by Crippen LogP contribution is -2.28. The first-order chi connectivity index (χ1) is 12.9. The zero-order chi connectivity index (χ0) is 19.4. The quantitative estimate of drug-likeness (QED) is 0.795. The van der Waals surface area contributed by atoms with Gasteiger partial charge in [0.25, 0.3) is 0 Å². The molecule has 0 bridgehead atoms. The highest BCUT2D eigenvalue weighted by Gasteiger charge is 2.29. The van der Waals surface area contributed by atoms with Gasteiger partial charge < -0.3 is 10.1 Å². The van der Waals surface area contributed by atoms with E-state index in [2.05, 4.69) is 5.32 Å². The third-order valence-corrected chi connectivity index (χ3v) is 6.78. The van der Waals surface area contributed by atoms with Crippen molar-refractivity contribution >= 4 is 33.2 Å². The molecule has 1 aliphatic rings. The van der Waals surface area contributed by atoms with Gasteiger partial charge in [0.15, 0.2) is 0 Å². The van der Waals surface area contributed by atoms with E-state index >= 15 is 0 Å². The first-order valence-corrected chi connectivity index (χ1v) is 10.4. The van der Waals surface area contributed by atoms with Crippen molar-refractivity contribution in [1.82, 2.24) is 4.31 Å². The normalized spacial score (nSPS) is 14.9. The molecule has 0 atom stereocenters. The Morgan fingerprint density at radius 3 is 2.63 bits per heavy atom. The number of ether oxygens (including phenoxy) is 1. The van der Waals surface area contributed by atoms with E-state index in [1.54, 1.807) is 25.3 Å². The van der Waals surface area contributed by atoms with Gasteiger partial charge in [0, 0.05) is 18.8 Å². The van der Waals surface area contributed by atoms with E-state index in [0.717, 1.165) is 18.4 Å². The van der Waals surface area contributed by atoms with Crippen molar-refractivity contribution < 1.29 is 17.9 Å². The molecule has 0 spiro atoms. The zero-order valence-electron chi connectivity index (χ0n) is 14.9. The number of sulfonamides is 1. The van der Waals surface area contributed by atoms with E-state index in [1.165, 1.54) is 16.4 Å². The summed E-state index contributed by atoms with van der Waals surface area (Å²) in [5.74, 6) is 0.417. The number of benzene rings is 2. The van der Waals surface area contributed by atoms with E-state index in [4.69, 9.17) is 16.3 Å². The van der Waals surface area contributed by atoms with Crippen LogP contribution in [0.1, 0.15) is 18.4 Å². The molecule has 2 aromatic carbocycles. The smallest absolute Gasteiger partial charge is 0.244 e. The molecule has 27 heavy (non-hydrogen) atoms. The van der Waals surface area contributed by atoms with Crippen molar-refractivity contribution in [3.63, 3.8) is 0 Å². The summed E-state index contributed by atoms with van der Waals surface area (Å²) in [6, 6.07) is 11.7. The fraction of sp³-hybridized carbons (Fsp3) is 0.316. The number of methoxy groups -OCH3 is 1. The SMILES string of the molecule is COc1cccc(CC(=O)Nc2ccc(Cl)c(S(=O)(=O)N3CCCC3)c2)c1. The highest BCUT2D eigenvalue weighted by Crippen LogP contribution is 2.29. The van der Waals surface area contributed by atoms with Crippen LogP contribution in [0.15, 0.2) is 47.4 Å². The van der Waals surface area contributed by atoms with Gasteiger partial charge in [-0.3, -0.25) is 4.79 Å². The predicted molar refractivity (Wildman–Crippen MR) is 105 cm³/mol. The number of hydrogen-bond donors (Lipinski definition) is 1. The Bertz CT molecular complexity index is 940. The summed E-state index contributed by atoms with van der Waals surface area (Å²) >= 11 is 6.13. The lowest BCUT2D eigenvalue weighted by atomic mass is 10.1. The number of carbonyl (C=O) groups excluding carboxylic acids is 1. The minimum atomic E-state index is -3.66. The first kappa shape index (κ1) is 19.7. The second kappa shape index (κ2) is 8.29. The Kier molecular flexibility index (Phi) is 6.04. The zero-order valence-corrected chi connectivity index (χ0v) is 16.5. The second-order valence-electron chi connectivity index (χ2n) is 6.33. The minimum absolute atomic E-state index is 0.0187. The van der Waals surface area contributed by atoms with E-state index in [0.29, 0.717) is 24.5 Å². The molecule has 144 valence electrons. The van der Waals surface area contributed by atoms with Crippen LogP contribution in [-0.2, 0) is 21.2 Å². The summed E-state index contributed by atoms with van der Waals surface area (Å²) in [5, 5.41) is 2.88. The molecule has 1 amide bonds. The van der Waals surface area contributed by atoms with Gasteiger partial charge in [0.2, 0.25) is 15.9 Å². The summed E-state index contributed by atoms with van der Waals surface area (Å²) in [6.45, 7) is 0.982. The molecular weight excluding hydrogens is 388 g/mol. The lowest BCUT2D eigenvalue weighted by molar-refractivity contribution is -0.115. The molecule has 0 aliphatic carbocycles. The Balaban J connectivity index is 1.76. The van der Waals surface area contributed by atoms with Crippen LogP contribution in [0.2, 0.25) is 5.02 Å². The van der Waals surface area contributed by atoms with Gasteiger partial charge >= 0.3 is 0 Å². The molecular formula is C19H21ClN2O4S. The highest BCUT2D eigenvalue weighted by atomic mass is 35.5. The van der Waals surface area contributed by atoms with Gasteiger partial charge in [0.1, 0.15) is 10.6 Å². The van der Waals surface area contributed by atoms with E-state index in [-0.39, 0.29) is 22.2 Å². The van der Waals surface area contributed by atoms with Crippen LogP contribution < -0.4 is 10.1 Å². The summed E-state index contributed by atoms with van der Waals surface area (Å²) < 4.78 is 32.1. The minimum Gasteiger partial charge on any atom is -0.497 e. The molecule has 1 fully saturated rings. The van der Waals surface area contributed by atoms with E-state index in [1.807, 2.05) is 12.1 Å².